The minimum Gasteiger partial charge on any atom is -0.508 e. The highest BCUT2D eigenvalue weighted by Gasteiger charge is 2.52. The van der Waals surface area contributed by atoms with E-state index in [4.69, 9.17) is 5.11 Å². The van der Waals surface area contributed by atoms with E-state index >= 15 is 0 Å². The monoisotopic (exact) mass is 235 g/mol. The lowest BCUT2D eigenvalue weighted by molar-refractivity contribution is -0.132. The van der Waals surface area contributed by atoms with Crippen LogP contribution in [-0.4, -0.2) is 44.1 Å². The Balaban J connectivity index is 0. The highest BCUT2D eigenvalue weighted by molar-refractivity contribution is 6.11. The van der Waals surface area contributed by atoms with Gasteiger partial charge in [0.05, 0.1) is 0 Å². The Morgan fingerprint density at radius 3 is 2.38 bits per heavy atom. The summed E-state index contributed by atoms with van der Waals surface area (Å²) in [6, 6.07) is 0. The largest absolute Gasteiger partial charge is 0.508 e. The fourth-order valence-corrected chi connectivity index (χ4v) is 1.45. The molecule has 2 rings (SSSR count). The molecule has 2 aliphatic rings. The second-order valence-corrected chi connectivity index (χ2v) is 3.05. The van der Waals surface area contributed by atoms with Gasteiger partial charge in [0.15, 0.2) is 5.60 Å². The molecule has 2 atom stereocenters. The quantitative estimate of drug-likeness (QED) is 0.369. The summed E-state index contributed by atoms with van der Waals surface area (Å²) in [7, 11) is 0. The van der Waals surface area contributed by atoms with E-state index in [-0.39, 0.29) is 22.2 Å². The smallest absolute Gasteiger partial charge is 0.263 e. The summed E-state index contributed by atoms with van der Waals surface area (Å²) >= 11 is 0. The lowest BCUT2D eigenvalue weighted by atomic mass is 9.85. The summed E-state index contributed by atoms with van der Waals surface area (Å²) < 4.78 is 0. The van der Waals surface area contributed by atoms with E-state index < -0.39 is 23.3 Å². The van der Waals surface area contributed by atoms with Gasteiger partial charge in [-0.25, -0.2) is 0 Å². The highest BCUT2D eigenvalue weighted by atomic mass is 16.3. The SMILES string of the molecule is O.O.O.O=C1NC(=O)C2(O)C=CC(O)=CC12. The van der Waals surface area contributed by atoms with Crippen molar-refractivity contribution in [2.24, 2.45) is 5.92 Å². The molecule has 0 aromatic carbocycles. The molecule has 1 fully saturated rings. The Morgan fingerprint density at radius 2 is 1.81 bits per heavy atom. The molecule has 0 spiro atoms. The molecular formula is C8H13NO7. The van der Waals surface area contributed by atoms with Crippen LogP contribution in [0.15, 0.2) is 24.0 Å². The van der Waals surface area contributed by atoms with Crippen LogP contribution >= 0.6 is 0 Å². The minimum absolute atomic E-state index is 0. The summed E-state index contributed by atoms with van der Waals surface area (Å²) in [6.07, 6.45) is 3.46. The van der Waals surface area contributed by atoms with Gasteiger partial charge in [0.2, 0.25) is 5.91 Å². The van der Waals surface area contributed by atoms with Crippen LogP contribution in [0.4, 0.5) is 0 Å². The maximum Gasteiger partial charge on any atom is 0.263 e. The fraction of sp³-hybridized carbons (Fsp3) is 0.250. The first kappa shape index (κ1) is 16.7. The number of hydrogen-bond donors (Lipinski definition) is 3. The van der Waals surface area contributed by atoms with Crippen molar-refractivity contribution in [3.05, 3.63) is 24.0 Å². The van der Waals surface area contributed by atoms with Crippen molar-refractivity contribution >= 4 is 11.8 Å². The molecule has 0 aromatic rings. The lowest BCUT2D eigenvalue weighted by Gasteiger charge is -2.21. The molecule has 92 valence electrons. The molecule has 2 amide bonds. The van der Waals surface area contributed by atoms with Crippen molar-refractivity contribution in [3.8, 4) is 0 Å². The normalized spacial score (nSPS) is 30.1. The van der Waals surface area contributed by atoms with E-state index in [1.165, 1.54) is 6.08 Å². The highest BCUT2D eigenvalue weighted by Crippen LogP contribution is 2.31. The van der Waals surface area contributed by atoms with Gasteiger partial charge in [-0.15, -0.1) is 0 Å². The van der Waals surface area contributed by atoms with Crippen molar-refractivity contribution in [3.63, 3.8) is 0 Å². The zero-order valence-corrected chi connectivity index (χ0v) is 8.02. The molecule has 0 saturated carbocycles. The van der Waals surface area contributed by atoms with Gasteiger partial charge >= 0.3 is 0 Å². The number of allylic oxidation sites excluding steroid dienone is 1. The van der Waals surface area contributed by atoms with Crippen LogP contribution in [-0.2, 0) is 9.59 Å². The number of carbonyl (C=O) groups excluding carboxylic acids is 2. The summed E-state index contributed by atoms with van der Waals surface area (Å²) in [5.41, 5.74) is -1.82. The molecule has 1 heterocycles. The van der Waals surface area contributed by atoms with Gasteiger partial charge in [-0.3, -0.25) is 14.9 Å². The van der Waals surface area contributed by atoms with E-state index in [9.17, 15) is 14.7 Å². The van der Waals surface area contributed by atoms with Gasteiger partial charge in [-0.1, -0.05) is 0 Å². The van der Waals surface area contributed by atoms with Crippen LogP contribution in [0.25, 0.3) is 0 Å². The third kappa shape index (κ3) is 1.95. The second kappa shape index (κ2) is 4.86. The number of aliphatic hydroxyl groups excluding tert-OH is 1. The van der Waals surface area contributed by atoms with Gasteiger partial charge in [-0.05, 0) is 18.2 Å². The third-order valence-corrected chi connectivity index (χ3v) is 2.20. The van der Waals surface area contributed by atoms with Crippen LogP contribution in [0, 0.1) is 5.92 Å². The van der Waals surface area contributed by atoms with Crippen LogP contribution in [0.1, 0.15) is 0 Å². The van der Waals surface area contributed by atoms with Crippen molar-refractivity contribution in [1.29, 1.82) is 0 Å². The number of rotatable bonds is 0. The van der Waals surface area contributed by atoms with E-state index in [0.717, 1.165) is 12.2 Å². The minimum atomic E-state index is -1.82. The summed E-state index contributed by atoms with van der Waals surface area (Å²) in [5, 5.41) is 20.7. The predicted octanol–water partition coefficient (Wildman–Crippen LogP) is -3.47. The average Bonchev–Trinajstić information content (AvgIpc) is 2.28. The zero-order valence-electron chi connectivity index (χ0n) is 8.02. The van der Waals surface area contributed by atoms with Gasteiger partial charge < -0.3 is 26.6 Å². The summed E-state index contributed by atoms with van der Waals surface area (Å²) in [4.78, 5) is 22.2. The van der Waals surface area contributed by atoms with E-state index in [0.29, 0.717) is 0 Å². The molecular weight excluding hydrogens is 222 g/mol. The first-order valence-electron chi connectivity index (χ1n) is 3.72. The Hall–Kier alpha value is -1.74. The number of aliphatic hydroxyl groups is 2. The molecule has 16 heavy (non-hydrogen) atoms. The van der Waals surface area contributed by atoms with Crippen molar-refractivity contribution < 1.29 is 36.2 Å². The molecule has 8 nitrogen and oxygen atoms in total. The number of imide groups is 1. The molecule has 1 aliphatic heterocycles. The third-order valence-electron chi connectivity index (χ3n) is 2.20. The van der Waals surface area contributed by atoms with E-state index in [1.807, 2.05) is 5.32 Å². The molecule has 1 saturated heterocycles. The number of fused-ring (bicyclic) bond motifs is 1. The molecule has 0 bridgehead atoms. The number of carbonyl (C=O) groups is 2. The second-order valence-electron chi connectivity index (χ2n) is 3.05. The Bertz CT molecular complexity index is 361. The number of nitrogens with one attached hydrogen (secondary N) is 1. The van der Waals surface area contributed by atoms with Gasteiger partial charge in [0.25, 0.3) is 5.91 Å². The first-order chi connectivity index (χ1) is 6.04. The topological polar surface area (TPSA) is 181 Å². The standard InChI is InChI=1S/C8H7NO4.3H2O/c10-4-1-2-8(13)5(3-4)6(11)9-7(8)12;;;/h1-3,5,10,13H,(H,9,11,12);3*1H2. The Labute approximate surface area is 89.8 Å². The Kier molecular flexibility index (Phi) is 5.06. The zero-order chi connectivity index (χ0) is 9.64. The van der Waals surface area contributed by atoms with Crippen LogP contribution in [0.5, 0.6) is 0 Å². The van der Waals surface area contributed by atoms with Crippen LogP contribution in [0.2, 0.25) is 0 Å². The van der Waals surface area contributed by atoms with E-state index in [2.05, 4.69) is 0 Å². The summed E-state index contributed by atoms with van der Waals surface area (Å²) in [5.74, 6) is -2.48. The van der Waals surface area contributed by atoms with Gasteiger partial charge in [0.1, 0.15) is 11.7 Å². The fourth-order valence-electron chi connectivity index (χ4n) is 1.45. The van der Waals surface area contributed by atoms with Crippen molar-refractivity contribution in [1.82, 2.24) is 5.32 Å². The van der Waals surface area contributed by atoms with Gasteiger partial charge in [0, 0.05) is 0 Å². The number of hydrogen-bond acceptors (Lipinski definition) is 4. The van der Waals surface area contributed by atoms with Gasteiger partial charge in [-0.2, -0.15) is 0 Å². The molecule has 2 unspecified atom stereocenters. The van der Waals surface area contributed by atoms with Crippen LogP contribution in [0.3, 0.4) is 0 Å². The maximum absolute atomic E-state index is 11.1. The summed E-state index contributed by atoms with van der Waals surface area (Å²) in [6.45, 7) is 0. The molecule has 0 aromatic heterocycles. The van der Waals surface area contributed by atoms with E-state index in [1.54, 1.807) is 0 Å². The molecule has 0 radical (unpaired) electrons. The average molecular weight is 235 g/mol. The van der Waals surface area contributed by atoms with Crippen LogP contribution < -0.4 is 5.32 Å². The predicted molar refractivity (Wildman–Crippen MR) is 52.3 cm³/mol. The molecule has 8 heteroatoms. The van der Waals surface area contributed by atoms with Crippen molar-refractivity contribution in [2.45, 2.75) is 5.60 Å². The maximum atomic E-state index is 11.1. The number of amides is 2. The van der Waals surface area contributed by atoms with Crippen molar-refractivity contribution in [2.75, 3.05) is 0 Å². The molecule has 9 N–H and O–H groups in total. The first-order valence-corrected chi connectivity index (χ1v) is 3.72. The molecule has 1 aliphatic carbocycles. The lowest BCUT2D eigenvalue weighted by Crippen LogP contribution is -2.41. The Morgan fingerprint density at radius 1 is 1.25 bits per heavy atom.